The fourth-order valence-electron chi connectivity index (χ4n) is 3.26. The van der Waals surface area contributed by atoms with Gasteiger partial charge in [0.2, 0.25) is 5.91 Å². The van der Waals surface area contributed by atoms with Gasteiger partial charge >= 0.3 is 0 Å². The SMILES string of the molecule is COCC(=O)N1Cc2cc(C(=O)N3CCCC3)ccc2OC[C@@H]1C. The average Bonchev–Trinajstić information content (AvgIpc) is 3.06. The maximum absolute atomic E-state index is 12.6. The highest BCUT2D eigenvalue weighted by Crippen LogP contribution is 2.27. The molecular weight excluding hydrogens is 308 g/mol. The number of fused-ring (bicyclic) bond motifs is 1. The molecule has 130 valence electrons. The lowest BCUT2D eigenvalue weighted by Crippen LogP contribution is -2.41. The minimum absolute atomic E-state index is 0.0437. The predicted octanol–water partition coefficient (Wildman–Crippen LogP) is 1.68. The van der Waals surface area contributed by atoms with Crippen LogP contribution >= 0.6 is 0 Å². The summed E-state index contributed by atoms with van der Waals surface area (Å²) in [6.07, 6.45) is 2.13. The number of hydrogen-bond acceptors (Lipinski definition) is 4. The van der Waals surface area contributed by atoms with Gasteiger partial charge in [-0.05, 0) is 38.0 Å². The molecule has 2 amide bonds. The third kappa shape index (κ3) is 3.38. The summed E-state index contributed by atoms with van der Waals surface area (Å²) in [6.45, 7) is 4.51. The standard InChI is InChI=1S/C18H24N2O4/c1-13-11-24-16-6-5-14(18(22)19-7-3-4-8-19)9-15(16)10-20(13)17(21)12-23-2/h5-6,9,13H,3-4,7-8,10-12H2,1-2H3/t13-/m0/s1. The second kappa shape index (κ2) is 7.21. The third-order valence-corrected chi connectivity index (χ3v) is 4.64. The maximum Gasteiger partial charge on any atom is 0.253 e. The lowest BCUT2D eigenvalue weighted by molar-refractivity contribution is -0.138. The maximum atomic E-state index is 12.6. The first-order valence-corrected chi connectivity index (χ1v) is 8.43. The molecule has 0 bridgehead atoms. The van der Waals surface area contributed by atoms with Gasteiger partial charge in [-0.3, -0.25) is 9.59 Å². The van der Waals surface area contributed by atoms with Crippen LogP contribution in [0.5, 0.6) is 5.75 Å². The molecule has 1 saturated heterocycles. The average molecular weight is 332 g/mol. The van der Waals surface area contributed by atoms with E-state index in [1.54, 1.807) is 4.90 Å². The number of carbonyl (C=O) groups is 2. The van der Waals surface area contributed by atoms with E-state index in [2.05, 4.69) is 0 Å². The molecule has 2 aliphatic heterocycles. The van der Waals surface area contributed by atoms with Crippen LogP contribution in [-0.2, 0) is 16.1 Å². The first-order valence-electron chi connectivity index (χ1n) is 8.43. The highest BCUT2D eigenvalue weighted by atomic mass is 16.5. The van der Waals surface area contributed by atoms with Crippen molar-refractivity contribution in [1.29, 1.82) is 0 Å². The van der Waals surface area contributed by atoms with Gasteiger partial charge < -0.3 is 19.3 Å². The molecule has 3 rings (SSSR count). The number of rotatable bonds is 3. The topological polar surface area (TPSA) is 59.1 Å². The summed E-state index contributed by atoms with van der Waals surface area (Å²) >= 11 is 0. The first kappa shape index (κ1) is 16.8. The molecule has 0 saturated carbocycles. The first-order chi connectivity index (χ1) is 11.6. The van der Waals surface area contributed by atoms with E-state index in [0.717, 1.165) is 37.2 Å². The zero-order chi connectivity index (χ0) is 17.1. The summed E-state index contributed by atoms with van der Waals surface area (Å²) in [4.78, 5) is 28.5. The highest BCUT2D eigenvalue weighted by Gasteiger charge is 2.27. The van der Waals surface area contributed by atoms with Gasteiger partial charge in [-0.25, -0.2) is 0 Å². The lowest BCUT2D eigenvalue weighted by atomic mass is 10.1. The monoisotopic (exact) mass is 332 g/mol. The zero-order valence-electron chi connectivity index (χ0n) is 14.3. The number of nitrogens with zero attached hydrogens (tertiary/aromatic N) is 2. The molecule has 0 aliphatic carbocycles. The number of likely N-dealkylation sites (tertiary alicyclic amines) is 1. The van der Waals surface area contributed by atoms with Crippen molar-refractivity contribution in [2.24, 2.45) is 0 Å². The smallest absolute Gasteiger partial charge is 0.253 e. The number of ether oxygens (including phenoxy) is 2. The quantitative estimate of drug-likeness (QED) is 0.845. The Bertz CT molecular complexity index is 625. The molecule has 24 heavy (non-hydrogen) atoms. The van der Waals surface area contributed by atoms with Crippen LogP contribution in [0.2, 0.25) is 0 Å². The Morgan fingerprint density at radius 3 is 2.75 bits per heavy atom. The summed E-state index contributed by atoms with van der Waals surface area (Å²) in [5.41, 5.74) is 1.53. The summed E-state index contributed by atoms with van der Waals surface area (Å²) in [5.74, 6) is 0.729. The molecule has 1 aromatic rings. The van der Waals surface area contributed by atoms with Gasteiger partial charge in [0.1, 0.15) is 19.0 Å². The Labute approximate surface area is 142 Å². The van der Waals surface area contributed by atoms with Gasteiger partial charge in [0, 0.05) is 37.9 Å². The molecule has 0 unspecified atom stereocenters. The van der Waals surface area contributed by atoms with Crippen molar-refractivity contribution in [2.75, 3.05) is 33.4 Å². The van der Waals surface area contributed by atoms with Crippen molar-refractivity contribution in [2.45, 2.75) is 32.4 Å². The Morgan fingerprint density at radius 2 is 2.04 bits per heavy atom. The Morgan fingerprint density at radius 1 is 1.29 bits per heavy atom. The predicted molar refractivity (Wildman–Crippen MR) is 89.0 cm³/mol. The minimum atomic E-state index is -0.0716. The number of amides is 2. The fraction of sp³-hybridized carbons (Fsp3) is 0.556. The van der Waals surface area contributed by atoms with Gasteiger partial charge in [0.05, 0.1) is 6.04 Å². The Balaban J connectivity index is 1.84. The van der Waals surface area contributed by atoms with E-state index in [-0.39, 0.29) is 24.5 Å². The fourth-order valence-corrected chi connectivity index (χ4v) is 3.26. The summed E-state index contributed by atoms with van der Waals surface area (Å²) in [6, 6.07) is 5.48. The van der Waals surface area contributed by atoms with E-state index in [0.29, 0.717) is 18.7 Å². The summed E-state index contributed by atoms with van der Waals surface area (Å²) in [5, 5.41) is 0. The molecule has 1 fully saturated rings. The molecule has 0 aromatic heterocycles. The van der Waals surface area contributed by atoms with Gasteiger partial charge in [-0.1, -0.05) is 0 Å². The molecule has 6 heteroatoms. The molecule has 0 radical (unpaired) electrons. The molecular formula is C18H24N2O4. The number of benzene rings is 1. The van der Waals surface area contributed by atoms with E-state index in [4.69, 9.17) is 9.47 Å². The highest BCUT2D eigenvalue weighted by molar-refractivity contribution is 5.94. The second-order valence-corrected chi connectivity index (χ2v) is 6.44. The Kier molecular flexibility index (Phi) is 5.04. The van der Waals surface area contributed by atoms with Gasteiger partial charge in [0.25, 0.3) is 5.91 Å². The van der Waals surface area contributed by atoms with Crippen LogP contribution in [0.3, 0.4) is 0 Å². The van der Waals surface area contributed by atoms with Crippen LogP contribution in [-0.4, -0.2) is 61.1 Å². The van der Waals surface area contributed by atoms with Gasteiger partial charge in [0.15, 0.2) is 0 Å². The van der Waals surface area contributed by atoms with E-state index in [1.807, 2.05) is 30.0 Å². The van der Waals surface area contributed by atoms with E-state index in [1.165, 1.54) is 7.11 Å². The van der Waals surface area contributed by atoms with E-state index in [9.17, 15) is 9.59 Å². The van der Waals surface area contributed by atoms with Crippen molar-refractivity contribution in [3.05, 3.63) is 29.3 Å². The number of hydrogen-bond donors (Lipinski definition) is 0. The molecule has 0 N–H and O–H groups in total. The molecule has 6 nitrogen and oxygen atoms in total. The molecule has 1 aromatic carbocycles. The van der Waals surface area contributed by atoms with Crippen LogP contribution in [0, 0.1) is 0 Å². The van der Waals surface area contributed by atoms with Crippen molar-refractivity contribution < 1.29 is 19.1 Å². The largest absolute Gasteiger partial charge is 0.491 e. The van der Waals surface area contributed by atoms with Crippen molar-refractivity contribution in [1.82, 2.24) is 9.80 Å². The van der Waals surface area contributed by atoms with E-state index >= 15 is 0 Å². The lowest BCUT2D eigenvalue weighted by Gasteiger charge is -2.26. The molecule has 2 heterocycles. The molecule has 0 spiro atoms. The molecule has 1 atom stereocenters. The third-order valence-electron chi connectivity index (χ3n) is 4.64. The second-order valence-electron chi connectivity index (χ2n) is 6.44. The summed E-state index contributed by atoms with van der Waals surface area (Å²) in [7, 11) is 1.51. The van der Waals surface area contributed by atoms with Crippen LogP contribution in [0.15, 0.2) is 18.2 Å². The molecule has 2 aliphatic rings. The Hall–Kier alpha value is -2.08. The van der Waals surface area contributed by atoms with E-state index < -0.39 is 0 Å². The van der Waals surface area contributed by atoms with Crippen LogP contribution in [0.1, 0.15) is 35.7 Å². The zero-order valence-corrected chi connectivity index (χ0v) is 14.3. The number of carbonyl (C=O) groups excluding carboxylic acids is 2. The van der Waals surface area contributed by atoms with Gasteiger partial charge in [-0.2, -0.15) is 0 Å². The normalized spacial score (nSPS) is 20.3. The van der Waals surface area contributed by atoms with Crippen LogP contribution in [0.4, 0.5) is 0 Å². The van der Waals surface area contributed by atoms with Crippen molar-refractivity contribution in [3.63, 3.8) is 0 Å². The van der Waals surface area contributed by atoms with Gasteiger partial charge in [-0.15, -0.1) is 0 Å². The summed E-state index contributed by atoms with van der Waals surface area (Å²) < 4.78 is 10.8. The minimum Gasteiger partial charge on any atom is -0.491 e. The number of methoxy groups -OCH3 is 1. The van der Waals surface area contributed by atoms with Crippen LogP contribution in [0.25, 0.3) is 0 Å². The van der Waals surface area contributed by atoms with Crippen molar-refractivity contribution in [3.8, 4) is 5.75 Å². The van der Waals surface area contributed by atoms with Crippen LogP contribution < -0.4 is 4.74 Å². The van der Waals surface area contributed by atoms with Crippen molar-refractivity contribution >= 4 is 11.8 Å².